The van der Waals surface area contributed by atoms with Crippen LogP contribution in [0.15, 0.2) is 0 Å². The van der Waals surface area contributed by atoms with Crippen molar-refractivity contribution in [2.45, 2.75) is 50.2 Å². The maximum absolute atomic E-state index is 11.7. The van der Waals surface area contributed by atoms with Crippen LogP contribution in [0.25, 0.3) is 0 Å². The first-order chi connectivity index (χ1) is 8.68. The van der Waals surface area contributed by atoms with Gasteiger partial charge in [-0.25, -0.2) is 0 Å². The molecule has 5 nitrogen and oxygen atoms in total. The standard InChI is InChI=1S/C13H23NO4/c15-12(4-3-11-2-1-7-18-11)14-10-13(16)5-8-17-9-6-13/h11,16H,1-10H2,(H,14,15). The van der Waals surface area contributed by atoms with Gasteiger partial charge in [0.15, 0.2) is 0 Å². The highest BCUT2D eigenvalue weighted by molar-refractivity contribution is 5.75. The lowest BCUT2D eigenvalue weighted by Gasteiger charge is -2.32. The van der Waals surface area contributed by atoms with Crippen LogP contribution in [0.3, 0.4) is 0 Å². The molecule has 5 heteroatoms. The van der Waals surface area contributed by atoms with E-state index in [0.717, 1.165) is 25.9 Å². The summed E-state index contributed by atoms with van der Waals surface area (Å²) in [5.41, 5.74) is -0.780. The molecule has 2 fully saturated rings. The lowest BCUT2D eigenvalue weighted by Crippen LogP contribution is -2.46. The molecule has 0 saturated carbocycles. The Bertz CT molecular complexity index is 270. The molecule has 0 aromatic heterocycles. The van der Waals surface area contributed by atoms with Crippen molar-refractivity contribution in [2.75, 3.05) is 26.4 Å². The summed E-state index contributed by atoms with van der Waals surface area (Å²) in [5.74, 6) is 0.00502. The molecule has 2 aliphatic heterocycles. The third kappa shape index (κ3) is 4.23. The van der Waals surface area contributed by atoms with E-state index in [1.165, 1.54) is 0 Å². The number of hydrogen-bond donors (Lipinski definition) is 2. The molecule has 0 spiro atoms. The fraction of sp³-hybridized carbons (Fsp3) is 0.923. The molecule has 18 heavy (non-hydrogen) atoms. The Hall–Kier alpha value is -0.650. The molecule has 0 aromatic rings. The zero-order chi connectivity index (χ0) is 12.8. The predicted octanol–water partition coefficient (Wildman–Crippen LogP) is 0.603. The first-order valence-corrected chi connectivity index (χ1v) is 6.86. The highest BCUT2D eigenvalue weighted by Crippen LogP contribution is 2.20. The quantitative estimate of drug-likeness (QED) is 0.757. The van der Waals surface area contributed by atoms with E-state index in [9.17, 15) is 9.90 Å². The number of nitrogens with one attached hydrogen (secondary N) is 1. The highest BCUT2D eigenvalue weighted by Gasteiger charge is 2.30. The predicted molar refractivity (Wildman–Crippen MR) is 66.2 cm³/mol. The topological polar surface area (TPSA) is 67.8 Å². The number of aliphatic hydroxyl groups is 1. The van der Waals surface area contributed by atoms with Gasteiger partial charge in [-0.2, -0.15) is 0 Å². The van der Waals surface area contributed by atoms with Crippen molar-refractivity contribution in [2.24, 2.45) is 0 Å². The summed E-state index contributed by atoms with van der Waals surface area (Å²) in [4.78, 5) is 11.7. The summed E-state index contributed by atoms with van der Waals surface area (Å²) in [6.07, 6.45) is 4.88. The van der Waals surface area contributed by atoms with Gasteiger partial charge >= 0.3 is 0 Å². The Morgan fingerprint density at radius 2 is 2.11 bits per heavy atom. The van der Waals surface area contributed by atoms with Crippen LogP contribution >= 0.6 is 0 Å². The molecule has 0 bridgehead atoms. The normalized spacial score (nSPS) is 27.1. The molecule has 2 saturated heterocycles. The number of rotatable bonds is 5. The van der Waals surface area contributed by atoms with Gasteiger partial charge in [0.1, 0.15) is 0 Å². The van der Waals surface area contributed by atoms with Gasteiger partial charge in [0, 0.05) is 45.6 Å². The number of amides is 1. The van der Waals surface area contributed by atoms with Crippen LogP contribution in [0.1, 0.15) is 38.5 Å². The first-order valence-electron chi connectivity index (χ1n) is 6.86. The molecule has 1 atom stereocenters. The molecule has 1 amide bonds. The Labute approximate surface area is 108 Å². The van der Waals surface area contributed by atoms with E-state index in [1.807, 2.05) is 0 Å². The highest BCUT2D eigenvalue weighted by atomic mass is 16.5. The summed E-state index contributed by atoms with van der Waals surface area (Å²) in [6, 6.07) is 0. The van der Waals surface area contributed by atoms with Gasteiger partial charge in [-0.1, -0.05) is 0 Å². The summed E-state index contributed by atoms with van der Waals surface area (Å²) >= 11 is 0. The smallest absolute Gasteiger partial charge is 0.220 e. The van der Waals surface area contributed by atoms with E-state index in [4.69, 9.17) is 9.47 Å². The SMILES string of the molecule is O=C(CCC1CCCO1)NCC1(O)CCOCC1. The summed E-state index contributed by atoms with van der Waals surface area (Å²) < 4.78 is 10.7. The van der Waals surface area contributed by atoms with Crippen LogP contribution in [-0.2, 0) is 14.3 Å². The van der Waals surface area contributed by atoms with Crippen molar-refractivity contribution in [3.05, 3.63) is 0 Å². The van der Waals surface area contributed by atoms with E-state index < -0.39 is 5.60 Å². The third-order valence-corrected chi connectivity index (χ3v) is 3.76. The summed E-state index contributed by atoms with van der Waals surface area (Å²) in [7, 11) is 0. The minimum atomic E-state index is -0.780. The molecule has 0 aliphatic carbocycles. The van der Waals surface area contributed by atoms with Gasteiger partial charge in [-0.15, -0.1) is 0 Å². The number of ether oxygens (including phenoxy) is 2. The van der Waals surface area contributed by atoms with E-state index in [1.54, 1.807) is 0 Å². The number of hydrogen-bond acceptors (Lipinski definition) is 4. The average molecular weight is 257 g/mol. The monoisotopic (exact) mass is 257 g/mol. The van der Waals surface area contributed by atoms with E-state index in [-0.39, 0.29) is 12.0 Å². The van der Waals surface area contributed by atoms with Crippen LogP contribution in [-0.4, -0.2) is 49.1 Å². The maximum atomic E-state index is 11.7. The zero-order valence-electron chi connectivity index (χ0n) is 10.8. The van der Waals surface area contributed by atoms with Crippen LogP contribution in [0.2, 0.25) is 0 Å². The average Bonchev–Trinajstić information content (AvgIpc) is 2.88. The second kappa shape index (κ2) is 6.50. The fourth-order valence-corrected chi connectivity index (χ4v) is 2.44. The minimum Gasteiger partial charge on any atom is -0.388 e. The Morgan fingerprint density at radius 1 is 1.33 bits per heavy atom. The second-order valence-electron chi connectivity index (χ2n) is 5.29. The van der Waals surface area contributed by atoms with Crippen molar-refractivity contribution < 1.29 is 19.4 Å². The molecule has 2 N–H and O–H groups in total. The van der Waals surface area contributed by atoms with E-state index in [2.05, 4.69) is 5.32 Å². The van der Waals surface area contributed by atoms with Crippen molar-refractivity contribution in [3.8, 4) is 0 Å². The molecule has 2 rings (SSSR count). The fourth-order valence-electron chi connectivity index (χ4n) is 2.44. The zero-order valence-corrected chi connectivity index (χ0v) is 10.8. The molecular weight excluding hydrogens is 234 g/mol. The molecule has 104 valence electrons. The van der Waals surface area contributed by atoms with Crippen LogP contribution in [0.5, 0.6) is 0 Å². The Morgan fingerprint density at radius 3 is 2.78 bits per heavy atom. The van der Waals surface area contributed by atoms with Gasteiger partial charge in [-0.3, -0.25) is 4.79 Å². The molecule has 0 radical (unpaired) electrons. The van der Waals surface area contributed by atoms with E-state index in [0.29, 0.717) is 39.0 Å². The van der Waals surface area contributed by atoms with Crippen LogP contribution < -0.4 is 5.32 Å². The van der Waals surface area contributed by atoms with Gasteiger partial charge in [0.2, 0.25) is 5.91 Å². The van der Waals surface area contributed by atoms with Gasteiger partial charge in [-0.05, 0) is 19.3 Å². The van der Waals surface area contributed by atoms with Crippen molar-refractivity contribution in [1.82, 2.24) is 5.32 Å². The van der Waals surface area contributed by atoms with Crippen molar-refractivity contribution >= 4 is 5.91 Å². The van der Waals surface area contributed by atoms with Gasteiger partial charge < -0.3 is 19.9 Å². The minimum absolute atomic E-state index is 0.00502. The molecule has 0 aromatic carbocycles. The lowest BCUT2D eigenvalue weighted by molar-refractivity contribution is -0.124. The molecule has 1 unspecified atom stereocenters. The summed E-state index contributed by atoms with van der Waals surface area (Å²) in [5, 5.41) is 13.0. The Kier molecular flexibility index (Phi) is 4.97. The van der Waals surface area contributed by atoms with Gasteiger partial charge in [0.05, 0.1) is 11.7 Å². The number of carbonyl (C=O) groups is 1. The molecular formula is C13H23NO4. The summed E-state index contributed by atoms with van der Waals surface area (Å²) in [6.45, 7) is 2.30. The van der Waals surface area contributed by atoms with Gasteiger partial charge in [0.25, 0.3) is 0 Å². The van der Waals surface area contributed by atoms with E-state index >= 15 is 0 Å². The Balaban J connectivity index is 1.61. The number of carbonyl (C=O) groups excluding carboxylic acids is 1. The maximum Gasteiger partial charge on any atom is 0.220 e. The second-order valence-corrected chi connectivity index (χ2v) is 5.29. The largest absolute Gasteiger partial charge is 0.388 e. The third-order valence-electron chi connectivity index (χ3n) is 3.76. The van der Waals surface area contributed by atoms with Crippen LogP contribution in [0, 0.1) is 0 Å². The van der Waals surface area contributed by atoms with Crippen LogP contribution in [0.4, 0.5) is 0 Å². The van der Waals surface area contributed by atoms with Crippen molar-refractivity contribution in [3.63, 3.8) is 0 Å². The van der Waals surface area contributed by atoms with Crippen molar-refractivity contribution in [1.29, 1.82) is 0 Å². The lowest BCUT2D eigenvalue weighted by atomic mass is 9.94. The molecule has 2 aliphatic rings. The molecule has 2 heterocycles. The first kappa shape index (κ1) is 13.8.